The smallest absolute Gasteiger partial charge is 0.335 e. The highest BCUT2D eigenvalue weighted by molar-refractivity contribution is 5.74. The molecule has 1 aliphatic heterocycles. The van der Waals surface area contributed by atoms with E-state index in [1.165, 1.54) is 57.8 Å². The molecular formula is C65H106O12. The standard InChI is InChI=1S/C65H106O12/c1-4-7-10-13-16-19-22-25-27-28-29-30-32-34-36-39-42-45-48-51-57(66)73-54-56(75-58(67)52-49-46-43-40-37-33-24-21-18-15-12-9-6-3)55-74-65-63(61(70)60(69)62(77-65)64(71)72)76-59(68)53-50-47-44-41-38-35-31-26-23-20-17-14-11-8-5-2/h8-9,11-12,16-21,25-27,31,33,37,56,60-63,65,69-70H,4-7,10,13-15,22-24,28-30,32,34-36,38-55H2,1-3H3,(H,71,72)/b11-8-,12-9-,19-16-,20-17-,21-18-,27-25-,31-26-,37-33-. The number of aliphatic hydroxyl groups is 2. The number of allylic oxidation sites excluding steroid dienone is 16. The van der Waals surface area contributed by atoms with Crippen LogP contribution in [0.15, 0.2) is 97.2 Å². The summed E-state index contributed by atoms with van der Waals surface area (Å²) in [6, 6.07) is 0. The van der Waals surface area contributed by atoms with Gasteiger partial charge in [-0.05, 0) is 116 Å². The molecule has 0 aromatic rings. The number of aliphatic carboxylic acids is 1. The Labute approximate surface area is 466 Å². The molecule has 0 radical (unpaired) electrons. The van der Waals surface area contributed by atoms with E-state index in [4.69, 9.17) is 23.7 Å². The third kappa shape index (κ3) is 42.3. The number of carbonyl (C=O) groups is 4. The molecule has 0 bridgehead atoms. The van der Waals surface area contributed by atoms with E-state index >= 15 is 0 Å². The predicted octanol–water partition coefficient (Wildman–Crippen LogP) is 15.7. The van der Waals surface area contributed by atoms with Crippen molar-refractivity contribution in [2.75, 3.05) is 13.2 Å². The molecule has 1 aliphatic rings. The fourth-order valence-electron chi connectivity index (χ4n) is 8.54. The number of esters is 3. The molecule has 12 heteroatoms. The van der Waals surface area contributed by atoms with Gasteiger partial charge in [0, 0.05) is 19.3 Å². The van der Waals surface area contributed by atoms with Gasteiger partial charge in [0.1, 0.15) is 18.8 Å². The number of hydrogen-bond acceptors (Lipinski definition) is 11. The third-order valence-corrected chi connectivity index (χ3v) is 13.1. The van der Waals surface area contributed by atoms with Crippen molar-refractivity contribution in [1.82, 2.24) is 0 Å². The van der Waals surface area contributed by atoms with Crippen LogP contribution in [-0.2, 0) is 42.9 Å². The molecule has 1 heterocycles. The Bertz CT molecular complexity index is 1710. The Morgan fingerprint density at radius 1 is 0.442 bits per heavy atom. The van der Waals surface area contributed by atoms with Gasteiger partial charge in [0.2, 0.25) is 0 Å². The van der Waals surface area contributed by atoms with E-state index in [1.54, 1.807) is 0 Å². The maximum Gasteiger partial charge on any atom is 0.335 e. The molecule has 0 aliphatic carbocycles. The van der Waals surface area contributed by atoms with Crippen LogP contribution in [0.2, 0.25) is 0 Å². The zero-order chi connectivity index (χ0) is 56.1. The van der Waals surface area contributed by atoms with E-state index in [9.17, 15) is 34.5 Å². The zero-order valence-corrected chi connectivity index (χ0v) is 48.2. The van der Waals surface area contributed by atoms with Gasteiger partial charge in [0.25, 0.3) is 0 Å². The summed E-state index contributed by atoms with van der Waals surface area (Å²) in [7, 11) is 0. The quantitative estimate of drug-likeness (QED) is 0.0228. The topological polar surface area (TPSA) is 175 Å². The van der Waals surface area contributed by atoms with Crippen LogP contribution in [0.1, 0.15) is 239 Å². The van der Waals surface area contributed by atoms with Gasteiger partial charge in [-0.15, -0.1) is 0 Å². The number of unbranched alkanes of at least 4 members (excludes halogenated alkanes) is 20. The lowest BCUT2D eigenvalue weighted by molar-refractivity contribution is -0.301. The summed E-state index contributed by atoms with van der Waals surface area (Å²) in [5, 5.41) is 31.5. The normalized spacial score (nSPS) is 18.7. The molecule has 438 valence electrons. The lowest BCUT2D eigenvalue weighted by atomic mass is 9.98. The summed E-state index contributed by atoms with van der Waals surface area (Å²) in [5.41, 5.74) is 0. The highest BCUT2D eigenvalue weighted by Crippen LogP contribution is 2.26. The molecule has 77 heavy (non-hydrogen) atoms. The SMILES string of the molecule is CC/C=C\C/C=C\C/C=C\CCCCCCCC(=O)OC1C(OCC(COC(=O)CCCCCCCCCCC/C=C\C/C=C\CCCCC)OC(=O)CCCCC/C=C\C/C=C\C/C=C\CC)OC(C(=O)O)C(O)C1O. The summed E-state index contributed by atoms with van der Waals surface area (Å²) in [5.74, 6) is -3.19. The maximum atomic E-state index is 13.1. The molecule has 6 atom stereocenters. The Kier molecular flexibility index (Phi) is 48.0. The van der Waals surface area contributed by atoms with Crippen LogP contribution in [0.3, 0.4) is 0 Å². The van der Waals surface area contributed by atoms with Crippen LogP contribution in [0.4, 0.5) is 0 Å². The molecule has 1 fully saturated rings. The first-order chi connectivity index (χ1) is 37.6. The Morgan fingerprint density at radius 2 is 0.818 bits per heavy atom. The Balaban J connectivity index is 2.69. The van der Waals surface area contributed by atoms with E-state index in [0.717, 1.165) is 122 Å². The Hall–Kier alpha value is -4.36. The molecule has 0 amide bonds. The minimum atomic E-state index is -1.92. The molecule has 3 N–H and O–H groups in total. The fourth-order valence-corrected chi connectivity index (χ4v) is 8.54. The highest BCUT2D eigenvalue weighted by atomic mass is 16.7. The Morgan fingerprint density at radius 3 is 1.26 bits per heavy atom. The van der Waals surface area contributed by atoms with Crippen molar-refractivity contribution >= 4 is 23.9 Å². The zero-order valence-electron chi connectivity index (χ0n) is 48.2. The molecule has 0 aromatic heterocycles. The van der Waals surface area contributed by atoms with Crippen molar-refractivity contribution in [3.63, 3.8) is 0 Å². The van der Waals surface area contributed by atoms with Crippen LogP contribution in [0.25, 0.3) is 0 Å². The van der Waals surface area contributed by atoms with Crippen molar-refractivity contribution in [3.05, 3.63) is 97.2 Å². The van der Waals surface area contributed by atoms with Crippen molar-refractivity contribution in [3.8, 4) is 0 Å². The van der Waals surface area contributed by atoms with Gasteiger partial charge in [-0.25, -0.2) is 4.79 Å². The van der Waals surface area contributed by atoms with Crippen LogP contribution < -0.4 is 0 Å². The van der Waals surface area contributed by atoms with E-state index in [1.807, 2.05) is 0 Å². The van der Waals surface area contributed by atoms with Gasteiger partial charge in [0.15, 0.2) is 24.6 Å². The fraction of sp³-hybridized carbons (Fsp3) is 0.692. The number of ether oxygens (including phenoxy) is 5. The van der Waals surface area contributed by atoms with E-state index in [0.29, 0.717) is 19.3 Å². The van der Waals surface area contributed by atoms with Gasteiger partial charge in [-0.2, -0.15) is 0 Å². The second kappa shape index (κ2) is 52.3. The molecule has 12 nitrogen and oxygen atoms in total. The van der Waals surface area contributed by atoms with Crippen LogP contribution in [-0.4, -0.2) is 89.2 Å². The lowest BCUT2D eigenvalue weighted by Gasteiger charge is -2.40. The maximum absolute atomic E-state index is 13.1. The molecule has 6 unspecified atom stereocenters. The van der Waals surface area contributed by atoms with Crippen molar-refractivity contribution in [1.29, 1.82) is 0 Å². The molecule has 0 saturated carbocycles. The van der Waals surface area contributed by atoms with E-state index in [-0.39, 0.29) is 25.9 Å². The van der Waals surface area contributed by atoms with Crippen LogP contribution in [0, 0.1) is 0 Å². The highest BCUT2D eigenvalue weighted by Gasteiger charge is 2.50. The largest absolute Gasteiger partial charge is 0.479 e. The molecular weight excluding hydrogens is 973 g/mol. The number of rotatable bonds is 50. The monoisotopic (exact) mass is 1080 g/mol. The van der Waals surface area contributed by atoms with Gasteiger partial charge in [-0.1, -0.05) is 201 Å². The minimum absolute atomic E-state index is 0.0331. The second-order valence-electron chi connectivity index (χ2n) is 20.2. The average Bonchev–Trinajstić information content (AvgIpc) is 3.42. The van der Waals surface area contributed by atoms with Crippen molar-refractivity contribution < 1.29 is 58.2 Å². The first-order valence-corrected chi connectivity index (χ1v) is 30.2. The van der Waals surface area contributed by atoms with Gasteiger partial charge >= 0.3 is 23.9 Å². The molecule has 0 aromatic carbocycles. The molecule has 1 saturated heterocycles. The van der Waals surface area contributed by atoms with Crippen molar-refractivity contribution in [2.45, 2.75) is 276 Å². The number of hydrogen-bond donors (Lipinski definition) is 3. The average molecular weight is 1080 g/mol. The summed E-state index contributed by atoms with van der Waals surface area (Å²) in [6.07, 6.45) is 56.6. The first-order valence-electron chi connectivity index (χ1n) is 30.2. The first kappa shape index (κ1) is 70.7. The third-order valence-electron chi connectivity index (χ3n) is 13.1. The van der Waals surface area contributed by atoms with E-state index < -0.39 is 67.3 Å². The van der Waals surface area contributed by atoms with Crippen molar-refractivity contribution in [2.24, 2.45) is 0 Å². The van der Waals surface area contributed by atoms with Crippen LogP contribution in [0.5, 0.6) is 0 Å². The minimum Gasteiger partial charge on any atom is -0.479 e. The number of carbonyl (C=O) groups excluding carboxylic acids is 3. The summed E-state index contributed by atoms with van der Waals surface area (Å²) in [6.45, 7) is 5.70. The number of carboxylic acids is 1. The van der Waals surface area contributed by atoms with Gasteiger partial charge in [-0.3, -0.25) is 14.4 Å². The summed E-state index contributed by atoms with van der Waals surface area (Å²) < 4.78 is 28.4. The predicted molar refractivity (Wildman–Crippen MR) is 312 cm³/mol. The summed E-state index contributed by atoms with van der Waals surface area (Å²) in [4.78, 5) is 51.2. The number of carboxylic acid groups (broad SMARTS) is 1. The van der Waals surface area contributed by atoms with E-state index in [2.05, 4.69) is 118 Å². The lowest BCUT2D eigenvalue weighted by Crippen LogP contribution is -2.61. The number of aliphatic hydroxyl groups excluding tert-OH is 2. The van der Waals surface area contributed by atoms with Crippen LogP contribution >= 0.6 is 0 Å². The summed E-state index contributed by atoms with van der Waals surface area (Å²) >= 11 is 0. The molecule has 1 rings (SSSR count). The second-order valence-corrected chi connectivity index (χ2v) is 20.2. The van der Waals surface area contributed by atoms with Gasteiger partial charge in [0.05, 0.1) is 6.61 Å². The molecule has 0 spiro atoms. The van der Waals surface area contributed by atoms with Gasteiger partial charge < -0.3 is 39.0 Å².